The van der Waals surface area contributed by atoms with E-state index in [9.17, 15) is 4.79 Å². The average molecular weight is 354 g/mol. The molecule has 0 aliphatic carbocycles. The van der Waals surface area contributed by atoms with E-state index in [1.165, 1.54) is 17.3 Å². The largest absolute Gasteiger partial charge is 0.351 e. The van der Waals surface area contributed by atoms with Gasteiger partial charge in [0.2, 0.25) is 0 Å². The van der Waals surface area contributed by atoms with Crippen LogP contribution < -0.4 is 0 Å². The van der Waals surface area contributed by atoms with Crippen LogP contribution in [0, 0.1) is 20.8 Å². The Kier molecular flexibility index (Phi) is 4.81. The van der Waals surface area contributed by atoms with Gasteiger partial charge in [0.15, 0.2) is 16.8 Å². The molecule has 0 unspecified atom stereocenters. The van der Waals surface area contributed by atoms with Crippen LogP contribution in [0.3, 0.4) is 0 Å². The van der Waals surface area contributed by atoms with Gasteiger partial charge in [0, 0.05) is 36.6 Å². The van der Waals surface area contributed by atoms with Gasteiger partial charge in [0.25, 0.3) is 0 Å². The molecule has 25 heavy (non-hydrogen) atoms. The second kappa shape index (κ2) is 6.88. The molecule has 0 radical (unpaired) electrons. The highest BCUT2D eigenvalue weighted by Crippen LogP contribution is 2.24. The maximum Gasteiger partial charge on any atom is 0.191 e. The van der Waals surface area contributed by atoms with Crippen LogP contribution in [0.5, 0.6) is 0 Å². The number of benzene rings is 1. The maximum atomic E-state index is 12.5. The number of hydrogen-bond donors (Lipinski definition) is 0. The van der Waals surface area contributed by atoms with Crippen molar-refractivity contribution in [2.75, 3.05) is 5.75 Å². The molecule has 0 N–H and O–H groups in total. The Labute approximate surface area is 152 Å². The van der Waals surface area contributed by atoms with Crippen LogP contribution in [0.15, 0.2) is 35.5 Å². The van der Waals surface area contributed by atoms with Gasteiger partial charge in [-0.2, -0.15) is 0 Å². The molecule has 0 saturated carbocycles. The first kappa shape index (κ1) is 17.5. The third-order valence-corrected chi connectivity index (χ3v) is 5.57. The fourth-order valence-electron chi connectivity index (χ4n) is 2.74. The Morgan fingerprint density at radius 3 is 2.32 bits per heavy atom. The van der Waals surface area contributed by atoms with E-state index in [4.69, 9.17) is 0 Å². The number of carbonyl (C=O) groups excluding carboxylic acids is 1. The van der Waals surface area contributed by atoms with Gasteiger partial charge in [-0.15, -0.1) is 10.2 Å². The number of carbonyl (C=O) groups is 1. The van der Waals surface area contributed by atoms with Gasteiger partial charge in [-0.1, -0.05) is 41.6 Å². The second-order valence-corrected chi connectivity index (χ2v) is 7.23. The number of ketones is 1. The first-order valence-corrected chi connectivity index (χ1v) is 9.12. The standard InChI is InChI=1S/C19H22N4OS/c1-12-6-8-15(9-7-12)18-20-21-19(23(18)5)25-11-17(24)16-10-13(2)22(4)14(16)3/h6-10H,11H2,1-5H3. The summed E-state index contributed by atoms with van der Waals surface area (Å²) in [5.74, 6) is 1.28. The second-order valence-electron chi connectivity index (χ2n) is 6.29. The molecule has 3 rings (SSSR count). The molecular formula is C19H22N4OS. The fourth-order valence-corrected chi connectivity index (χ4v) is 3.53. The first-order valence-electron chi connectivity index (χ1n) is 8.14. The highest BCUT2D eigenvalue weighted by molar-refractivity contribution is 7.99. The zero-order valence-electron chi connectivity index (χ0n) is 15.2. The Hall–Kier alpha value is -2.34. The summed E-state index contributed by atoms with van der Waals surface area (Å²) in [6.07, 6.45) is 0. The normalized spacial score (nSPS) is 11.1. The molecule has 0 aliphatic rings. The number of nitrogens with zero attached hydrogens (tertiary/aromatic N) is 4. The molecule has 2 aromatic heterocycles. The minimum absolute atomic E-state index is 0.117. The van der Waals surface area contributed by atoms with E-state index in [2.05, 4.69) is 29.3 Å². The molecule has 0 spiro atoms. The predicted molar refractivity (Wildman–Crippen MR) is 101 cm³/mol. The van der Waals surface area contributed by atoms with E-state index in [0.717, 1.165) is 33.5 Å². The van der Waals surface area contributed by atoms with Crippen LogP contribution in [0.4, 0.5) is 0 Å². The van der Waals surface area contributed by atoms with Crippen molar-refractivity contribution in [1.29, 1.82) is 0 Å². The number of thioether (sulfide) groups is 1. The third kappa shape index (κ3) is 3.39. The minimum atomic E-state index is 0.117. The van der Waals surface area contributed by atoms with Crippen molar-refractivity contribution in [2.45, 2.75) is 25.9 Å². The first-order chi connectivity index (χ1) is 11.9. The van der Waals surface area contributed by atoms with E-state index in [1.54, 1.807) is 0 Å². The molecule has 1 aromatic carbocycles. The highest BCUT2D eigenvalue weighted by Gasteiger charge is 2.17. The smallest absolute Gasteiger partial charge is 0.191 e. The Bertz CT molecular complexity index is 922. The molecule has 0 amide bonds. The zero-order valence-corrected chi connectivity index (χ0v) is 16.0. The lowest BCUT2D eigenvalue weighted by Gasteiger charge is -2.05. The molecule has 0 aliphatic heterocycles. The van der Waals surface area contributed by atoms with Crippen LogP contribution >= 0.6 is 11.8 Å². The molecular weight excluding hydrogens is 332 g/mol. The average Bonchev–Trinajstić information content (AvgIpc) is 3.08. The van der Waals surface area contributed by atoms with Crippen molar-refractivity contribution in [3.8, 4) is 11.4 Å². The van der Waals surface area contributed by atoms with Crippen molar-refractivity contribution in [3.05, 3.63) is 52.8 Å². The van der Waals surface area contributed by atoms with E-state index >= 15 is 0 Å². The van der Waals surface area contributed by atoms with Crippen molar-refractivity contribution >= 4 is 17.5 Å². The van der Waals surface area contributed by atoms with Crippen LogP contribution in [0.1, 0.15) is 27.3 Å². The van der Waals surface area contributed by atoms with E-state index in [-0.39, 0.29) is 5.78 Å². The summed E-state index contributed by atoms with van der Waals surface area (Å²) in [5, 5.41) is 9.27. The van der Waals surface area contributed by atoms with Crippen LogP contribution in [0.2, 0.25) is 0 Å². The van der Waals surface area contributed by atoms with Crippen LogP contribution in [-0.2, 0) is 14.1 Å². The third-order valence-electron chi connectivity index (χ3n) is 4.55. The lowest BCUT2D eigenvalue weighted by molar-refractivity contribution is 0.102. The van der Waals surface area contributed by atoms with Crippen molar-refractivity contribution in [2.24, 2.45) is 14.1 Å². The van der Waals surface area contributed by atoms with Gasteiger partial charge in [0.1, 0.15) is 0 Å². The van der Waals surface area contributed by atoms with Crippen molar-refractivity contribution < 1.29 is 4.79 Å². The molecule has 6 heteroatoms. The molecule has 130 valence electrons. The number of hydrogen-bond acceptors (Lipinski definition) is 4. The lowest BCUT2D eigenvalue weighted by Crippen LogP contribution is -2.05. The monoisotopic (exact) mass is 354 g/mol. The minimum Gasteiger partial charge on any atom is -0.351 e. The number of rotatable bonds is 5. The summed E-state index contributed by atoms with van der Waals surface area (Å²) in [7, 11) is 3.91. The molecule has 0 atom stereocenters. The number of aryl methyl sites for hydroxylation is 2. The molecule has 0 fully saturated rings. The summed E-state index contributed by atoms with van der Waals surface area (Å²) >= 11 is 1.42. The summed E-state index contributed by atoms with van der Waals surface area (Å²) in [4.78, 5) is 12.5. The molecule has 5 nitrogen and oxygen atoms in total. The molecule has 2 heterocycles. The molecule has 3 aromatic rings. The maximum absolute atomic E-state index is 12.5. The quantitative estimate of drug-likeness (QED) is 0.518. The Morgan fingerprint density at radius 1 is 1.04 bits per heavy atom. The number of Topliss-reactive ketones (excluding diaryl/α,β-unsaturated/α-hetero) is 1. The van der Waals surface area contributed by atoms with Gasteiger partial charge in [-0.05, 0) is 26.8 Å². The molecule has 0 saturated heterocycles. The fraction of sp³-hybridized carbons (Fsp3) is 0.316. The summed E-state index contributed by atoms with van der Waals surface area (Å²) < 4.78 is 3.97. The lowest BCUT2D eigenvalue weighted by atomic mass is 10.1. The predicted octanol–water partition coefficient (Wildman–Crippen LogP) is 3.72. The van der Waals surface area contributed by atoms with Gasteiger partial charge in [-0.3, -0.25) is 4.79 Å². The van der Waals surface area contributed by atoms with Gasteiger partial charge in [0.05, 0.1) is 5.75 Å². The zero-order chi connectivity index (χ0) is 18.1. The van der Waals surface area contributed by atoms with Crippen molar-refractivity contribution in [1.82, 2.24) is 19.3 Å². The van der Waals surface area contributed by atoms with E-state index in [1.807, 2.05) is 55.3 Å². The van der Waals surface area contributed by atoms with Crippen LogP contribution in [0.25, 0.3) is 11.4 Å². The SMILES string of the molecule is Cc1ccc(-c2nnc(SCC(=O)c3cc(C)n(C)c3C)n2C)cc1. The summed E-state index contributed by atoms with van der Waals surface area (Å²) in [5.41, 5.74) is 5.11. The summed E-state index contributed by atoms with van der Waals surface area (Å²) in [6, 6.07) is 10.1. The highest BCUT2D eigenvalue weighted by atomic mass is 32.2. The van der Waals surface area contributed by atoms with Crippen LogP contribution in [-0.4, -0.2) is 30.9 Å². The van der Waals surface area contributed by atoms with Crippen molar-refractivity contribution in [3.63, 3.8) is 0 Å². The summed E-state index contributed by atoms with van der Waals surface area (Å²) in [6.45, 7) is 6.04. The van der Waals surface area contributed by atoms with Gasteiger partial charge >= 0.3 is 0 Å². The van der Waals surface area contributed by atoms with Gasteiger partial charge < -0.3 is 9.13 Å². The Morgan fingerprint density at radius 2 is 1.72 bits per heavy atom. The molecule has 0 bridgehead atoms. The van der Waals surface area contributed by atoms with E-state index in [0.29, 0.717) is 5.75 Å². The van der Waals surface area contributed by atoms with E-state index < -0.39 is 0 Å². The van der Waals surface area contributed by atoms with Gasteiger partial charge in [-0.25, -0.2) is 0 Å². The number of aromatic nitrogens is 4. The Balaban J connectivity index is 1.75. The topological polar surface area (TPSA) is 52.7 Å².